The summed E-state index contributed by atoms with van der Waals surface area (Å²) in [6.07, 6.45) is 0. The predicted molar refractivity (Wildman–Crippen MR) is 68.3 cm³/mol. The zero-order chi connectivity index (χ0) is 12.7. The maximum absolute atomic E-state index is 7.35. The van der Waals surface area contributed by atoms with Gasteiger partial charge in [-0.05, 0) is 31.0 Å². The molecule has 0 aliphatic rings. The molecule has 17 heavy (non-hydrogen) atoms. The lowest BCUT2D eigenvalue weighted by Gasteiger charge is -2.09. The third-order valence-corrected chi connectivity index (χ3v) is 2.49. The fraction of sp³-hybridized carbons (Fsp3) is 0.462. The first-order valence-corrected chi connectivity index (χ1v) is 5.74. The second kappa shape index (κ2) is 7.04. The topological polar surface area (TPSA) is 68.3 Å². The van der Waals surface area contributed by atoms with Crippen molar-refractivity contribution in [1.82, 2.24) is 0 Å². The number of ether oxygens (including phenoxy) is 2. The largest absolute Gasteiger partial charge is 0.384 e. The number of amidine groups is 1. The first-order chi connectivity index (χ1) is 8.15. The minimum absolute atomic E-state index is 0.0944. The summed E-state index contributed by atoms with van der Waals surface area (Å²) in [4.78, 5) is 0. The fourth-order valence-electron chi connectivity index (χ4n) is 1.47. The summed E-state index contributed by atoms with van der Waals surface area (Å²) in [5.41, 5.74) is 8.38. The van der Waals surface area contributed by atoms with Crippen molar-refractivity contribution in [3.8, 4) is 0 Å². The molecular formula is C13H20N2O2. The van der Waals surface area contributed by atoms with Crippen LogP contribution < -0.4 is 5.73 Å². The number of benzene rings is 1. The molecular weight excluding hydrogens is 216 g/mol. The van der Waals surface area contributed by atoms with E-state index in [2.05, 4.69) is 0 Å². The normalized spacial score (nSPS) is 10.5. The van der Waals surface area contributed by atoms with Crippen LogP contribution in [0.4, 0.5) is 0 Å². The van der Waals surface area contributed by atoms with Crippen molar-refractivity contribution < 1.29 is 9.47 Å². The molecule has 1 aromatic carbocycles. The van der Waals surface area contributed by atoms with Gasteiger partial charge in [0, 0.05) is 12.2 Å². The fourth-order valence-corrected chi connectivity index (χ4v) is 1.47. The molecule has 0 saturated carbocycles. The Labute approximate surface area is 102 Å². The lowest BCUT2D eigenvalue weighted by Crippen LogP contribution is -2.11. The van der Waals surface area contributed by atoms with E-state index in [9.17, 15) is 0 Å². The molecule has 0 heterocycles. The molecule has 1 aromatic rings. The van der Waals surface area contributed by atoms with E-state index < -0.39 is 0 Å². The van der Waals surface area contributed by atoms with Crippen molar-refractivity contribution in [2.75, 3.05) is 19.8 Å². The second-order valence-corrected chi connectivity index (χ2v) is 3.80. The van der Waals surface area contributed by atoms with E-state index in [4.69, 9.17) is 20.6 Å². The number of nitrogen functional groups attached to an aromatic ring is 1. The van der Waals surface area contributed by atoms with Crippen molar-refractivity contribution in [2.24, 2.45) is 5.73 Å². The number of hydrogen-bond donors (Lipinski definition) is 2. The summed E-state index contributed by atoms with van der Waals surface area (Å²) in [5, 5.41) is 7.35. The standard InChI is InChI=1S/C13H20N2O2/c1-3-16-6-7-17-9-12-5-4-11(13(14)15)8-10(12)2/h4-5,8H,3,6-7,9H2,1-2H3,(H3,14,15). The van der Waals surface area contributed by atoms with E-state index in [0.717, 1.165) is 23.3 Å². The third kappa shape index (κ3) is 4.54. The molecule has 0 aromatic heterocycles. The Morgan fingerprint density at radius 2 is 2.00 bits per heavy atom. The Kier molecular flexibility index (Phi) is 5.66. The van der Waals surface area contributed by atoms with Crippen LogP contribution in [0.5, 0.6) is 0 Å². The SMILES string of the molecule is CCOCCOCc1ccc(C(=N)N)cc1C. The minimum Gasteiger partial charge on any atom is -0.384 e. The van der Waals surface area contributed by atoms with Crippen LogP contribution in [0.1, 0.15) is 23.6 Å². The predicted octanol–water partition coefficient (Wildman–Crippen LogP) is 1.83. The van der Waals surface area contributed by atoms with E-state index in [1.54, 1.807) is 0 Å². The summed E-state index contributed by atoms with van der Waals surface area (Å²) in [5.74, 6) is 0.0944. The molecule has 0 aliphatic heterocycles. The first-order valence-electron chi connectivity index (χ1n) is 5.74. The summed E-state index contributed by atoms with van der Waals surface area (Å²) in [6, 6.07) is 5.70. The van der Waals surface area contributed by atoms with Crippen LogP contribution in [0.3, 0.4) is 0 Å². The van der Waals surface area contributed by atoms with Crippen LogP contribution >= 0.6 is 0 Å². The Morgan fingerprint density at radius 1 is 1.29 bits per heavy atom. The van der Waals surface area contributed by atoms with Gasteiger partial charge >= 0.3 is 0 Å². The van der Waals surface area contributed by atoms with E-state index in [-0.39, 0.29) is 5.84 Å². The van der Waals surface area contributed by atoms with Gasteiger partial charge in [-0.15, -0.1) is 0 Å². The number of rotatable bonds is 7. The van der Waals surface area contributed by atoms with Gasteiger partial charge in [0.1, 0.15) is 5.84 Å². The van der Waals surface area contributed by atoms with Crippen LogP contribution in [0.2, 0.25) is 0 Å². The summed E-state index contributed by atoms with van der Waals surface area (Å²) < 4.78 is 10.7. The third-order valence-electron chi connectivity index (χ3n) is 2.49. The van der Waals surface area contributed by atoms with Gasteiger partial charge in [0.2, 0.25) is 0 Å². The molecule has 0 fully saturated rings. The highest BCUT2D eigenvalue weighted by Gasteiger charge is 2.02. The van der Waals surface area contributed by atoms with Crippen molar-refractivity contribution in [1.29, 1.82) is 5.41 Å². The highest BCUT2D eigenvalue weighted by Crippen LogP contribution is 2.11. The van der Waals surface area contributed by atoms with Crippen molar-refractivity contribution in [3.63, 3.8) is 0 Å². The maximum Gasteiger partial charge on any atom is 0.122 e. The molecule has 0 bridgehead atoms. The number of nitrogens with one attached hydrogen (secondary N) is 1. The molecule has 3 N–H and O–H groups in total. The monoisotopic (exact) mass is 236 g/mol. The van der Waals surface area contributed by atoms with Crippen molar-refractivity contribution >= 4 is 5.84 Å². The summed E-state index contributed by atoms with van der Waals surface area (Å²) in [6.45, 7) is 6.47. The van der Waals surface area contributed by atoms with Gasteiger partial charge in [-0.2, -0.15) is 0 Å². The van der Waals surface area contributed by atoms with E-state index in [1.165, 1.54) is 0 Å². The van der Waals surface area contributed by atoms with Gasteiger partial charge in [0.15, 0.2) is 0 Å². The van der Waals surface area contributed by atoms with Crippen LogP contribution in [-0.2, 0) is 16.1 Å². The quantitative estimate of drug-likeness (QED) is 0.431. The lowest BCUT2D eigenvalue weighted by molar-refractivity contribution is 0.0451. The smallest absolute Gasteiger partial charge is 0.122 e. The Balaban J connectivity index is 2.46. The van der Waals surface area contributed by atoms with Gasteiger partial charge in [-0.3, -0.25) is 5.41 Å². The van der Waals surface area contributed by atoms with Crippen molar-refractivity contribution in [2.45, 2.75) is 20.5 Å². The minimum atomic E-state index is 0.0944. The highest BCUT2D eigenvalue weighted by atomic mass is 16.5. The molecule has 4 nitrogen and oxygen atoms in total. The maximum atomic E-state index is 7.35. The van der Waals surface area contributed by atoms with Gasteiger partial charge in [0.05, 0.1) is 19.8 Å². The van der Waals surface area contributed by atoms with Crippen molar-refractivity contribution in [3.05, 3.63) is 34.9 Å². The number of aryl methyl sites for hydroxylation is 1. The molecule has 0 atom stereocenters. The first kappa shape index (κ1) is 13.7. The molecule has 1 rings (SSSR count). The lowest BCUT2D eigenvalue weighted by atomic mass is 10.1. The highest BCUT2D eigenvalue weighted by molar-refractivity contribution is 5.95. The molecule has 0 unspecified atom stereocenters. The van der Waals surface area contributed by atoms with Gasteiger partial charge in [-0.25, -0.2) is 0 Å². The van der Waals surface area contributed by atoms with Crippen LogP contribution in [0.25, 0.3) is 0 Å². The van der Waals surface area contributed by atoms with Crippen LogP contribution in [0, 0.1) is 12.3 Å². The van der Waals surface area contributed by atoms with Gasteiger partial charge in [0.25, 0.3) is 0 Å². The van der Waals surface area contributed by atoms with E-state index in [0.29, 0.717) is 19.8 Å². The molecule has 0 saturated heterocycles. The summed E-state index contributed by atoms with van der Waals surface area (Å²) in [7, 11) is 0. The van der Waals surface area contributed by atoms with Gasteiger partial charge < -0.3 is 15.2 Å². The Hall–Kier alpha value is -1.39. The summed E-state index contributed by atoms with van der Waals surface area (Å²) >= 11 is 0. The molecule has 0 radical (unpaired) electrons. The van der Waals surface area contributed by atoms with Crippen LogP contribution in [-0.4, -0.2) is 25.7 Å². The Bertz CT molecular complexity index is 378. The zero-order valence-corrected chi connectivity index (χ0v) is 10.5. The molecule has 94 valence electrons. The zero-order valence-electron chi connectivity index (χ0n) is 10.5. The molecule has 0 spiro atoms. The Morgan fingerprint density at radius 3 is 2.59 bits per heavy atom. The number of nitrogens with two attached hydrogens (primary N) is 1. The average molecular weight is 236 g/mol. The second-order valence-electron chi connectivity index (χ2n) is 3.80. The van der Waals surface area contributed by atoms with E-state index >= 15 is 0 Å². The number of hydrogen-bond acceptors (Lipinski definition) is 3. The molecule has 0 aliphatic carbocycles. The molecule has 0 amide bonds. The van der Waals surface area contributed by atoms with Crippen LogP contribution in [0.15, 0.2) is 18.2 Å². The molecule has 4 heteroatoms. The van der Waals surface area contributed by atoms with Gasteiger partial charge in [-0.1, -0.05) is 12.1 Å². The van der Waals surface area contributed by atoms with E-state index in [1.807, 2.05) is 32.0 Å². The average Bonchev–Trinajstić information content (AvgIpc) is 2.30.